The van der Waals surface area contributed by atoms with Crippen LogP contribution in [0.5, 0.6) is 5.75 Å². The monoisotopic (exact) mass is 414 g/mol. The van der Waals surface area contributed by atoms with Crippen LogP contribution in [0, 0.1) is 13.8 Å². The van der Waals surface area contributed by atoms with Crippen molar-refractivity contribution in [2.75, 3.05) is 18.6 Å². The molecule has 1 aliphatic rings. The number of nitrogens with zero attached hydrogens (tertiary/aromatic N) is 2. The second kappa shape index (κ2) is 7.46. The minimum absolute atomic E-state index is 0.0603. The number of aromatic nitrogens is 2. The number of phenols is 1. The van der Waals surface area contributed by atoms with Crippen LogP contribution in [-0.2, 0) is 22.9 Å². The second-order valence-corrected chi connectivity index (χ2v) is 10.5. The van der Waals surface area contributed by atoms with Crippen LogP contribution in [-0.4, -0.2) is 41.9 Å². The first-order chi connectivity index (χ1) is 13.7. The van der Waals surface area contributed by atoms with Crippen molar-refractivity contribution in [2.45, 2.75) is 39.4 Å². The van der Waals surface area contributed by atoms with Gasteiger partial charge in [-0.3, -0.25) is 4.68 Å². The number of hydrogen-bond acceptors (Lipinski definition) is 4. The first kappa shape index (κ1) is 19.9. The van der Waals surface area contributed by atoms with E-state index < -0.39 is 9.84 Å². The van der Waals surface area contributed by atoms with Gasteiger partial charge in [0.15, 0.2) is 9.84 Å². The fraction of sp³-hybridized carbons (Fsp3) is 0.409. The number of sulfone groups is 1. The van der Waals surface area contributed by atoms with Crippen molar-refractivity contribution in [1.29, 1.82) is 0 Å². The predicted octanol–water partition coefficient (Wildman–Crippen LogP) is 1.93. The average Bonchev–Trinajstić information content (AvgIpc) is 3.17. The molecule has 154 valence electrons. The molecule has 1 fully saturated rings. The Morgan fingerprint density at radius 1 is 1.14 bits per heavy atom. The maximum absolute atomic E-state index is 11.9. The molecule has 29 heavy (non-hydrogen) atoms. The van der Waals surface area contributed by atoms with Gasteiger partial charge >= 0.3 is 0 Å². The lowest BCUT2D eigenvalue weighted by Crippen LogP contribution is -3.06. The largest absolute Gasteiger partial charge is 0.507 e. The molecule has 1 aliphatic heterocycles. The molecule has 1 unspecified atom stereocenters. The molecule has 0 spiro atoms. The molecule has 2 heterocycles. The standard InChI is InChI=1S/C22H27N3O3S/c1-15-20(16(2)25(23-15)18-10-11-29(27,28)14-18)12-24(3)13-21-19-7-5-4-6-17(19)8-9-22(21)26/h4-9,18,26H,10-14H2,1-3H3/p+1/t18-/m0/s1. The van der Waals surface area contributed by atoms with Gasteiger partial charge in [-0.05, 0) is 37.1 Å². The van der Waals surface area contributed by atoms with E-state index in [2.05, 4.69) is 18.2 Å². The highest BCUT2D eigenvalue weighted by atomic mass is 32.2. The van der Waals surface area contributed by atoms with E-state index in [-0.39, 0.29) is 17.5 Å². The van der Waals surface area contributed by atoms with E-state index in [0.29, 0.717) is 18.7 Å². The number of aromatic hydroxyl groups is 1. The molecule has 0 saturated carbocycles. The number of phenolic OH excluding ortho intramolecular Hbond substituents is 1. The SMILES string of the molecule is Cc1nn([C@H]2CCS(=O)(=O)C2)c(C)c1C[NH+](C)Cc1c(O)ccc2ccccc12. The summed E-state index contributed by atoms with van der Waals surface area (Å²) >= 11 is 0. The van der Waals surface area contributed by atoms with Gasteiger partial charge in [0, 0.05) is 5.69 Å². The molecular formula is C22H28N3O3S+. The topological polar surface area (TPSA) is 76.6 Å². The van der Waals surface area contributed by atoms with Gasteiger partial charge in [-0.15, -0.1) is 0 Å². The Bertz CT molecular complexity index is 1170. The van der Waals surface area contributed by atoms with Crippen molar-refractivity contribution in [2.24, 2.45) is 0 Å². The lowest BCUT2D eigenvalue weighted by molar-refractivity contribution is -0.907. The van der Waals surface area contributed by atoms with Crippen molar-refractivity contribution in [3.05, 3.63) is 58.9 Å². The summed E-state index contributed by atoms with van der Waals surface area (Å²) in [7, 11) is -0.839. The molecule has 0 bridgehead atoms. The second-order valence-electron chi connectivity index (χ2n) is 8.25. The summed E-state index contributed by atoms with van der Waals surface area (Å²) in [5.74, 6) is 0.751. The van der Waals surface area contributed by atoms with Gasteiger partial charge in [-0.2, -0.15) is 5.10 Å². The first-order valence-electron chi connectivity index (χ1n) is 10.0. The molecule has 0 radical (unpaired) electrons. The van der Waals surface area contributed by atoms with Crippen molar-refractivity contribution >= 4 is 20.6 Å². The highest BCUT2D eigenvalue weighted by molar-refractivity contribution is 7.91. The number of rotatable bonds is 5. The van der Waals surface area contributed by atoms with Crippen LogP contribution in [0.3, 0.4) is 0 Å². The van der Waals surface area contributed by atoms with Gasteiger partial charge in [0.2, 0.25) is 0 Å². The van der Waals surface area contributed by atoms with E-state index in [1.54, 1.807) is 6.07 Å². The Balaban J connectivity index is 1.57. The Hall–Kier alpha value is -2.38. The normalized spacial score (nSPS) is 19.6. The third-order valence-electron chi connectivity index (χ3n) is 6.00. The maximum Gasteiger partial charge on any atom is 0.152 e. The molecule has 1 aromatic heterocycles. The van der Waals surface area contributed by atoms with Crippen LogP contribution in [0.4, 0.5) is 0 Å². The van der Waals surface area contributed by atoms with E-state index in [4.69, 9.17) is 0 Å². The molecule has 0 aliphatic carbocycles. The molecule has 2 atom stereocenters. The van der Waals surface area contributed by atoms with E-state index in [1.807, 2.05) is 42.8 Å². The Labute approximate surface area is 171 Å². The van der Waals surface area contributed by atoms with Crippen LogP contribution < -0.4 is 4.90 Å². The highest BCUT2D eigenvalue weighted by Crippen LogP contribution is 2.28. The maximum atomic E-state index is 11.9. The summed E-state index contributed by atoms with van der Waals surface area (Å²) < 4.78 is 25.7. The molecule has 3 aromatic rings. The summed E-state index contributed by atoms with van der Waals surface area (Å²) in [6.07, 6.45) is 0.635. The van der Waals surface area contributed by atoms with Crippen LogP contribution >= 0.6 is 0 Å². The van der Waals surface area contributed by atoms with Gasteiger partial charge in [0.05, 0.1) is 41.4 Å². The van der Waals surface area contributed by atoms with Gasteiger partial charge < -0.3 is 10.0 Å². The van der Waals surface area contributed by atoms with Crippen LogP contribution in [0.15, 0.2) is 36.4 Å². The highest BCUT2D eigenvalue weighted by Gasteiger charge is 2.31. The number of benzene rings is 2. The zero-order chi connectivity index (χ0) is 20.8. The summed E-state index contributed by atoms with van der Waals surface area (Å²) in [6, 6.07) is 11.7. The van der Waals surface area contributed by atoms with Crippen molar-refractivity contribution in [3.63, 3.8) is 0 Å². The van der Waals surface area contributed by atoms with E-state index in [1.165, 1.54) is 4.90 Å². The van der Waals surface area contributed by atoms with Crippen molar-refractivity contribution in [1.82, 2.24) is 9.78 Å². The molecule has 4 rings (SSSR count). The van der Waals surface area contributed by atoms with Gasteiger partial charge in [0.1, 0.15) is 18.8 Å². The Kier molecular flexibility index (Phi) is 5.12. The molecule has 2 N–H and O–H groups in total. The number of fused-ring (bicyclic) bond motifs is 1. The van der Waals surface area contributed by atoms with Crippen LogP contribution in [0.1, 0.15) is 35.0 Å². The zero-order valence-corrected chi connectivity index (χ0v) is 18.0. The number of aryl methyl sites for hydroxylation is 1. The quantitative estimate of drug-likeness (QED) is 0.669. The lowest BCUT2D eigenvalue weighted by Gasteiger charge is -2.17. The van der Waals surface area contributed by atoms with Gasteiger partial charge in [0.25, 0.3) is 0 Å². The molecule has 1 saturated heterocycles. The zero-order valence-electron chi connectivity index (χ0n) is 17.1. The van der Waals surface area contributed by atoms with E-state index >= 15 is 0 Å². The minimum atomic E-state index is -2.95. The molecule has 7 heteroatoms. The molecule has 0 amide bonds. The Morgan fingerprint density at radius 2 is 1.86 bits per heavy atom. The molecule has 6 nitrogen and oxygen atoms in total. The molecule has 2 aromatic carbocycles. The number of nitrogens with one attached hydrogen (secondary N) is 1. The minimum Gasteiger partial charge on any atom is -0.507 e. The van der Waals surface area contributed by atoms with Gasteiger partial charge in [-0.25, -0.2) is 8.42 Å². The summed E-state index contributed by atoms with van der Waals surface area (Å²) in [5.41, 5.74) is 4.11. The number of quaternary nitrogens is 1. The summed E-state index contributed by atoms with van der Waals surface area (Å²) in [5, 5.41) is 17.3. The van der Waals surface area contributed by atoms with Crippen LogP contribution in [0.2, 0.25) is 0 Å². The first-order valence-corrected chi connectivity index (χ1v) is 11.8. The smallest absolute Gasteiger partial charge is 0.152 e. The fourth-order valence-corrected chi connectivity index (χ4v) is 6.14. The average molecular weight is 415 g/mol. The van der Waals surface area contributed by atoms with Crippen LogP contribution in [0.25, 0.3) is 10.8 Å². The lowest BCUT2D eigenvalue weighted by atomic mass is 10.0. The van der Waals surface area contributed by atoms with Crippen molar-refractivity contribution in [3.8, 4) is 5.75 Å². The van der Waals surface area contributed by atoms with E-state index in [9.17, 15) is 13.5 Å². The van der Waals surface area contributed by atoms with Gasteiger partial charge in [-0.1, -0.05) is 30.3 Å². The third-order valence-corrected chi connectivity index (χ3v) is 7.75. The predicted molar refractivity (Wildman–Crippen MR) is 114 cm³/mol. The summed E-state index contributed by atoms with van der Waals surface area (Å²) in [6.45, 7) is 5.47. The third kappa shape index (κ3) is 3.89. The molecular weight excluding hydrogens is 386 g/mol. The fourth-order valence-electron chi connectivity index (χ4n) is 4.45. The number of hydrogen-bond donors (Lipinski definition) is 2. The van der Waals surface area contributed by atoms with E-state index in [0.717, 1.165) is 39.8 Å². The van der Waals surface area contributed by atoms with Crippen molar-refractivity contribution < 1.29 is 18.4 Å². The Morgan fingerprint density at radius 3 is 2.59 bits per heavy atom. The summed E-state index contributed by atoms with van der Waals surface area (Å²) in [4.78, 5) is 1.24.